The number of hydrogen-bond acceptors (Lipinski definition) is 3. The minimum absolute atomic E-state index is 0.384. The summed E-state index contributed by atoms with van der Waals surface area (Å²) in [5.41, 5.74) is 0. The number of nitrogens with zero attached hydrogens (tertiary/aromatic N) is 1. The van der Waals surface area contributed by atoms with E-state index in [1.165, 1.54) is 0 Å². The summed E-state index contributed by atoms with van der Waals surface area (Å²) in [4.78, 5) is 15.7. The monoisotopic (exact) mass is 291 g/mol. The lowest BCUT2D eigenvalue weighted by Crippen LogP contribution is -2.39. The van der Waals surface area contributed by atoms with Crippen LogP contribution in [0.15, 0.2) is 48.7 Å². The maximum absolute atomic E-state index is 11.7. The molecule has 1 heterocycles. The molecule has 0 aliphatic heterocycles. The highest BCUT2D eigenvalue weighted by Gasteiger charge is 2.08. The zero-order valence-corrected chi connectivity index (χ0v) is 11.6. The Labute approximate surface area is 121 Å². The van der Waals surface area contributed by atoms with Crippen LogP contribution < -0.4 is 15.4 Å². The van der Waals surface area contributed by atoms with Crippen LogP contribution in [0.3, 0.4) is 0 Å². The fourth-order valence-corrected chi connectivity index (χ4v) is 1.65. The summed E-state index contributed by atoms with van der Waals surface area (Å²) in [6.07, 6.45) is 1.11. The van der Waals surface area contributed by atoms with Crippen LogP contribution in [0.4, 0.5) is 10.6 Å². The van der Waals surface area contributed by atoms with Gasteiger partial charge in [0.2, 0.25) is 0 Å². The van der Waals surface area contributed by atoms with Crippen molar-refractivity contribution >= 4 is 23.4 Å². The normalized spacial score (nSPS) is 11.5. The van der Waals surface area contributed by atoms with E-state index in [0.717, 1.165) is 0 Å². The summed E-state index contributed by atoms with van der Waals surface area (Å²) >= 11 is 5.78. The van der Waals surface area contributed by atoms with Gasteiger partial charge in [-0.05, 0) is 43.3 Å². The molecule has 2 rings (SSSR count). The Morgan fingerprint density at radius 2 is 2.00 bits per heavy atom. The third-order valence-electron chi connectivity index (χ3n) is 2.37. The van der Waals surface area contributed by atoms with E-state index in [-0.39, 0.29) is 6.03 Å². The molecule has 104 valence electrons. The number of pyridine rings is 1. The van der Waals surface area contributed by atoms with Crippen LogP contribution in [0.2, 0.25) is 5.02 Å². The van der Waals surface area contributed by atoms with Crippen LogP contribution in [0, 0.1) is 0 Å². The molecule has 0 bridgehead atoms. The minimum Gasteiger partial charge on any atom is -0.471 e. The van der Waals surface area contributed by atoms with Gasteiger partial charge >= 0.3 is 6.03 Å². The number of ether oxygens (including phenoxy) is 1. The van der Waals surface area contributed by atoms with Crippen LogP contribution in [0.25, 0.3) is 0 Å². The van der Waals surface area contributed by atoms with Gasteiger partial charge in [0.1, 0.15) is 11.6 Å². The molecule has 5 nitrogen and oxygen atoms in total. The zero-order valence-electron chi connectivity index (χ0n) is 10.8. The van der Waals surface area contributed by atoms with Gasteiger partial charge in [-0.15, -0.1) is 0 Å². The number of hydrogen-bond donors (Lipinski definition) is 2. The number of halogens is 1. The van der Waals surface area contributed by atoms with Crippen molar-refractivity contribution in [2.24, 2.45) is 0 Å². The van der Waals surface area contributed by atoms with Gasteiger partial charge in [-0.3, -0.25) is 5.32 Å². The number of benzene rings is 1. The highest BCUT2D eigenvalue weighted by molar-refractivity contribution is 6.30. The van der Waals surface area contributed by atoms with Crippen molar-refractivity contribution in [2.75, 3.05) is 5.32 Å². The summed E-state index contributed by atoms with van der Waals surface area (Å²) in [5.74, 6) is 1.10. The standard InChI is InChI=1S/C14H14ClN3O2/c1-10(20-12-7-5-11(15)6-8-12)17-14(19)18-13-4-2-3-9-16-13/h2-10H,1H3,(H2,16,17,18,19). The first-order valence-electron chi connectivity index (χ1n) is 6.04. The predicted octanol–water partition coefficient (Wildman–Crippen LogP) is 3.28. The Kier molecular flexibility index (Phi) is 4.79. The smallest absolute Gasteiger partial charge is 0.323 e. The third-order valence-corrected chi connectivity index (χ3v) is 2.62. The summed E-state index contributed by atoms with van der Waals surface area (Å²) in [5, 5.41) is 5.88. The Bertz CT molecular complexity index is 560. The zero-order chi connectivity index (χ0) is 14.4. The highest BCUT2D eigenvalue weighted by atomic mass is 35.5. The largest absolute Gasteiger partial charge is 0.471 e. The van der Waals surface area contributed by atoms with Crippen molar-refractivity contribution in [1.82, 2.24) is 10.3 Å². The number of nitrogens with one attached hydrogen (secondary N) is 2. The number of carbonyl (C=O) groups excluding carboxylic acids is 1. The fourth-order valence-electron chi connectivity index (χ4n) is 1.52. The van der Waals surface area contributed by atoms with E-state index in [1.54, 1.807) is 55.6 Å². The number of aromatic nitrogens is 1. The molecule has 2 aromatic rings. The molecular weight excluding hydrogens is 278 g/mol. The van der Waals surface area contributed by atoms with Crippen LogP contribution in [-0.4, -0.2) is 17.2 Å². The van der Waals surface area contributed by atoms with Crippen molar-refractivity contribution in [3.05, 3.63) is 53.7 Å². The lowest BCUT2D eigenvalue weighted by atomic mass is 10.3. The minimum atomic E-state index is -0.486. The average Bonchev–Trinajstić information content (AvgIpc) is 2.42. The van der Waals surface area contributed by atoms with E-state index in [1.807, 2.05) is 0 Å². The van der Waals surface area contributed by atoms with Crippen molar-refractivity contribution in [1.29, 1.82) is 0 Å². The molecule has 1 aromatic carbocycles. The quantitative estimate of drug-likeness (QED) is 0.850. The van der Waals surface area contributed by atoms with E-state index in [9.17, 15) is 4.79 Å². The lowest BCUT2D eigenvalue weighted by molar-refractivity contribution is 0.183. The molecule has 0 radical (unpaired) electrons. The van der Waals surface area contributed by atoms with Crippen LogP contribution in [0.1, 0.15) is 6.92 Å². The van der Waals surface area contributed by atoms with E-state index in [0.29, 0.717) is 16.6 Å². The second kappa shape index (κ2) is 6.77. The van der Waals surface area contributed by atoms with Gasteiger partial charge in [0.25, 0.3) is 0 Å². The molecule has 1 unspecified atom stereocenters. The van der Waals surface area contributed by atoms with Crippen LogP contribution in [0.5, 0.6) is 5.75 Å². The van der Waals surface area contributed by atoms with E-state index >= 15 is 0 Å². The SMILES string of the molecule is CC(NC(=O)Nc1ccccn1)Oc1ccc(Cl)cc1. The van der Waals surface area contributed by atoms with Crippen molar-refractivity contribution in [2.45, 2.75) is 13.2 Å². The number of rotatable bonds is 4. The molecule has 1 aromatic heterocycles. The molecule has 0 fully saturated rings. The average molecular weight is 292 g/mol. The summed E-state index contributed by atoms with van der Waals surface area (Å²) in [6.45, 7) is 1.73. The fraction of sp³-hybridized carbons (Fsp3) is 0.143. The van der Waals surface area contributed by atoms with Gasteiger partial charge in [0, 0.05) is 11.2 Å². The molecule has 2 N–H and O–H groups in total. The van der Waals surface area contributed by atoms with Gasteiger partial charge < -0.3 is 10.1 Å². The number of anilines is 1. The van der Waals surface area contributed by atoms with Gasteiger partial charge in [-0.25, -0.2) is 9.78 Å². The molecule has 0 saturated carbocycles. The van der Waals surface area contributed by atoms with Crippen molar-refractivity contribution in [3.63, 3.8) is 0 Å². The Morgan fingerprint density at radius 1 is 1.25 bits per heavy atom. The van der Waals surface area contributed by atoms with Crippen molar-refractivity contribution < 1.29 is 9.53 Å². The summed E-state index contributed by atoms with van der Waals surface area (Å²) in [6, 6.07) is 11.8. The predicted molar refractivity (Wildman–Crippen MR) is 77.9 cm³/mol. The summed E-state index contributed by atoms with van der Waals surface area (Å²) in [7, 11) is 0. The molecule has 0 spiro atoms. The van der Waals surface area contributed by atoms with Gasteiger partial charge in [-0.2, -0.15) is 0 Å². The number of urea groups is 1. The summed E-state index contributed by atoms with van der Waals surface area (Å²) < 4.78 is 5.53. The van der Waals surface area contributed by atoms with Gasteiger partial charge in [-0.1, -0.05) is 17.7 Å². The van der Waals surface area contributed by atoms with Crippen LogP contribution >= 0.6 is 11.6 Å². The lowest BCUT2D eigenvalue weighted by Gasteiger charge is -2.16. The topological polar surface area (TPSA) is 63.2 Å². The van der Waals surface area contributed by atoms with Gasteiger partial charge in [0.15, 0.2) is 6.23 Å². The van der Waals surface area contributed by atoms with Crippen molar-refractivity contribution in [3.8, 4) is 5.75 Å². The molecule has 1 atom stereocenters. The van der Waals surface area contributed by atoms with Crippen LogP contribution in [-0.2, 0) is 0 Å². The highest BCUT2D eigenvalue weighted by Crippen LogP contribution is 2.16. The first-order valence-corrected chi connectivity index (χ1v) is 6.42. The van der Waals surface area contributed by atoms with E-state index < -0.39 is 6.23 Å². The second-order valence-corrected chi connectivity index (χ2v) is 4.46. The molecule has 0 aliphatic rings. The Balaban J connectivity index is 1.83. The molecule has 0 aliphatic carbocycles. The van der Waals surface area contributed by atoms with E-state index in [4.69, 9.17) is 16.3 Å². The third kappa shape index (κ3) is 4.44. The number of carbonyl (C=O) groups is 1. The maximum Gasteiger partial charge on any atom is 0.323 e. The second-order valence-electron chi connectivity index (χ2n) is 4.03. The Hall–Kier alpha value is -2.27. The first kappa shape index (κ1) is 14.1. The maximum atomic E-state index is 11.7. The van der Waals surface area contributed by atoms with Gasteiger partial charge in [0.05, 0.1) is 0 Å². The molecule has 2 amide bonds. The Morgan fingerprint density at radius 3 is 2.65 bits per heavy atom. The molecule has 6 heteroatoms. The number of amides is 2. The molecule has 0 saturated heterocycles. The molecule has 20 heavy (non-hydrogen) atoms. The first-order chi connectivity index (χ1) is 9.63. The van der Waals surface area contributed by atoms with E-state index in [2.05, 4.69) is 15.6 Å². The molecular formula is C14H14ClN3O2.